The van der Waals surface area contributed by atoms with Crippen molar-refractivity contribution >= 4 is 11.2 Å². The molecule has 0 saturated carbocycles. The van der Waals surface area contributed by atoms with Crippen LogP contribution in [-0.2, 0) is 0 Å². The molecule has 0 fully saturated rings. The minimum Gasteiger partial charge on any atom is -0.120 e. The van der Waals surface area contributed by atoms with E-state index in [0.717, 1.165) is 11.6 Å². The van der Waals surface area contributed by atoms with Gasteiger partial charge in [-0.15, -0.1) is 11.7 Å². The first-order chi connectivity index (χ1) is 5.41. The summed E-state index contributed by atoms with van der Waals surface area (Å²) >= 11 is -5.05. The second-order valence-corrected chi connectivity index (χ2v) is 3.93. The van der Waals surface area contributed by atoms with Crippen molar-refractivity contribution in [2.45, 2.75) is 18.7 Å². The summed E-state index contributed by atoms with van der Waals surface area (Å²) in [5.41, 5.74) is 1.18. The zero-order valence-corrected chi connectivity index (χ0v) is 7.59. The molecule has 68 valence electrons. The van der Waals surface area contributed by atoms with Crippen molar-refractivity contribution in [3.05, 3.63) is 29.3 Å². The molecule has 0 aromatic heterocycles. The number of hydrogen-bond donors (Lipinski definition) is 0. The van der Waals surface area contributed by atoms with Crippen LogP contribution in [0.3, 0.4) is 0 Å². The van der Waals surface area contributed by atoms with Gasteiger partial charge in [-0.3, -0.25) is 0 Å². The molecule has 1 rings (SSSR count). The lowest BCUT2D eigenvalue weighted by atomic mass is 10.2. The number of halogens is 3. The normalized spacial score (nSPS) is 13.1. The molecule has 0 N–H and O–H groups in total. The molecule has 0 spiro atoms. The molecular weight excluding hydrogens is 185 g/mol. The summed E-state index contributed by atoms with van der Waals surface area (Å²) < 4.78 is 36.8. The van der Waals surface area contributed by atoms with Crippen LogP contribution in [0.5, 0.6) is 0 Å². The lowest BCUT2D eigenvalue weighted by molar-refractivity contribution is 0.632. The van der Waals surface area contributed by atoms with E-state index in [1.165, 1.54) is 13.0 Å². The average molecular weight is 194 g/mol. The predicted molar refractivity (Wildman–Crippen MR) is 45.1 cm³/mol. The largest absolute Gasteiger partial charge is 0.237 e. The summed E-state index contributed by atoms with van der Waals surface area (Å²) in [6.07, 6.45) is 0. The molecule has 0 bridgehead atoms. The van der Waals surface area contributed by atoms with Crippen molar-refractivity contribution in [3.8, 4) is 0 Å². The maximum absolute atomic E-state index is 12.3. The van der Waals surface area contributed by atoms with Crippen LogP contribution in [0.15, 0.2) is 23.1 Å². The quantitative estimate of drug-likeness (QED) is 0.630. The number of rotatable bonds is 1. The molecule has 0 nitrogen and oxygen atoms in total. The summed E-state index contributed by atoms with van der Waals surface area (Å²) in [6.45, 7) is 3.27. The summed E-state index contributed by atoms with van der Waals surface area (Å²) in [4.78, 5) is -0.465. The molecule has 12 heavy (non-hydrogen) atoms. The minimum absolute atomic E-state index is 0.317. The molecule has 0 atom stereocenters. The van der Waals surface area contributed by atoms with Gasteiger partial charge in [0.25, 0.3) is 0 Å². The Bertz CT molecular complexity index is 291. The Morgan fingerprint density at radius 1 is 1.08 bits per heavy atom. The van der Waals surface area contributed by atoms with Crippen LogP contribution in [-0.4, -0.2) is 0 Å². The van der Waals surface area contributed by atoms with E-state index in [1.54, 1.807) is 13.0 Å². The van der Waals surface area contributed by atoms with E-state index in [-0.39, 0.29) is 0 Å². The fourth-order valence-corrected chi connectivity index (χ4v) is 1.71. The molecule has 4 heteroatoms. The third-order valence-electron chi connectivity index (χ3n) is 1.58. The van der Waals surface area contributed by atoms with Crippen molar-refractivity contribution in [1.29, 1.82) is 0 Å². The molecule has 0 heterocycles. The van der Waals surface area contributed by atoms with Gasteiger partial charge in [0.1, 0.15) is 0 Å². The van der Waals surface area contributed by atoms with Crippen molar-refractivity contribution in [2.24, 2.45) is 0 Å². The lowest BCUT2D eigenvalue weighted by Gasteiger charge is -2.12. The highest BCUT2D eigenvalue weighted by atomic mass is 32.3. The Labute approximate surface area is 71.6 Å². The fourth-order valence-electron chi connectivity index (χ4n) is 1.06. The molecule has 1 aromatic carbocycles. The first-order valence-corrected chi connectivity index (χ1v) is 4.74. The van der Waals surface area contributed by atoms with Gasteiger partial charge in [-0.25, -0.2) is 0 Å². The first kappa shape index (κ1) is 9.45. The van der Waals surface area contributed by atoms with Crippen LogP contribution in [0.2, 0.25) is 0 Å². The van der Waals surface area contributed by atoms with Crippen molar-refractivity contribution in [3.63, 3.8) is 0 Å². The van der Waals surface area contributed by atoms with E-state index >= 15 is 0 Å². The summed E-state index contributed by atoms with van der Waals surface area (Å²) in [5.74, 6) is 0. The number of benzene rings is 1. The third kappa shape index (κ3) is 1.94. The maximum atomic E-state index is 12.3. The molecule has 0 unspecified atom stereocenters. The van der Waals surface area contributed by atoms with Crippen LogP contribution >= 0.6 is 11.2 Å². The molecule has 0 aliphatic rings. The molecule has 0 aliphatic carbocycles. The van der Waals surface area contributed by atoms with Gasteiger partial charge in [-0.1, -0.05) is 17.7 Å². The zero-order valence-electron chi connectivity index (χ0n) is 6.77. The Kier molecular flexibility index (Phi) is 2.37. The Morgan fingerprint density at radius 2 is 1.67 bits per heavy atom. The number of hydrogen-bond acceptors (Lipinski definition) is 0. The van der Waals surface area contributed by atoms with Gasteiger partial charge in [0.2, 0.25) is 11.2 Å². The standard InChI is InChI=1S/C8H9F3S/c1-6-3-4-8(7(2)5-6)12(9,10)11/h3-5H,1-2H3. The highest BCUT2D eigenvalue weighted by Gasteiger charge is 2.25. The second kappa shape index (κ2) is 3.01. The van der Waals surface area contributed by atoms with Crippen LogP contribution in [0.25, 0.3) is 0 Å². The minimum atomic E-state index is -5.05. The molecule has 1 aromatic rings. The molecule has 0 radical (unpaired) electrons. The fraction of sp³-hybridized carbons (Fsp3) is 0.250. The highest BCUT2D eigenvalue weighted by molar-refractivity contribution is 8.21. The van der Waals surface area contributed by atoms with Gasteiger partial charge in [-0.2, -0.15) is 0 Å². The van der Waals surface area contributed by atoms with Crippen LogP contribution in [0.4, 0.5) is 11.7 Å². The Morgan fingerprint density at radius 3 is 2.08 bits per heavy atom. The van der Waals surface area contributed by atoms with E-state index < -0.39 is 16.1 Å². The predicted octanol–water partition coefficient (Wildman–Crippen LogP) is 4.12. The van der Waals surface area contributed by atoms with Crippen molar-refractivity contribution < 1.29 is 11.7 Å². The molecular formula is C8H9F3S. The SMILES string of the molecule is Cc1ccc(S(F)(F)F)c(C)c1. The maximum Gasteiger partial charge on any atom is 0.237 e. The van der Waals surface area contributed by atoms with Crippen molar-refractivity contribution in [1.82, 2.24) is 0 Å². The van der Waals surface area contributed by atoms with Gasteiger partial charge in [0, 0.05) is 0 Å². The summed E-state index contributed by atoms with van der Waals surface area (Å²) in [7, 11) is 0. The van der Waals surface area contributed by atoms with Gasteiger partial charge < -0.3 is 0 Å². The molecule has 0 amide bonds. The second-order valence-electron chi connectivity index (χ2n) is 2.68. The summed E-state index contributed by atoms with van der Waals surface area (Å²) in [6, 6.07) is 4.19. The van der Waals surface area contributed by atoms with Gasteiger partial charge in [0.15, 0.2) is 0 Å². The zero-order chi connectivity index (χ0) is 9.35. The van der Waals surface area contributed by atoms with Crippen molar-refractivity contribution in [2.75, 3.05) is 0 Å². The van der Waals surface area contributed by atoms with Gasteiger partial charge >= 0.3 is 0 Å². The topological polar surface area (TPSA) is 0 Å². The first-order valence-electron chi connectivity index (χ1n) is 3.41. The average Bonchev–Trinajstić information content (AvgIpc) is 1.83. The highest BCUT2D eigenvalue weighted by Crippen LogP contribution is 2.61. The lowest BCUT2D eigenvalue weighted by Crippen LogP contribution is -1.86. The monoisotopic (exact) mass is 194 g/mol. The van der Waals surface area contributed by atoms with Gasteiger partial charge in [-0.05, 0) is 25.5 Å². The van der Waals surface area contributed by atoms with Crippen LogP contribution < -0.4 is 0 Å². The van der Waals surface area contributed by atoms with E-state index in [2.05, 4.69) is 0 Å². The Balaban J connectivity index is 3.19. The van der Waals surface area contributed by atoms with Crippen LogP contribution in [0.1, 0.15) is 11.1 Å². The molecule has 0 aliphatic heterocycles. The van der Waals surface area contributed by atoms with Crippen LogP contribution in [0, 0.1) is 13.8 Å². The molecule has 0 saturated heterocycles. The number of aryl methyl sites for hydroxylation is 2. The third-order valence-corrected chi connectivity index (χ3v) is 2.54. The Hall–Kier alpha value is -0.640. The van der Waals surface area contributed by atoms with Gasteiger partial charge in [0.05, 0.1) is 4.90 Å². The van der Waals surface area contributed by atoms with E-state index in [1.807, 2.05) is 0 Å². The smallest absolute Gasteiger partial charge is 0.120 e. The summed E-state index contributed by atoms with van der Waals surface area (Å²) in [5, 5.41) is 0. The van der Waals surface area contributed by atoms with E-state index in [9.17, 15) is 11.7 Å². The van der Waals surface area contributed by atoms with E-state index in [4.69, 9.17) is 0 Å². The van der Waals surface area contributed by atoms with E-state index in [0.29, 0.717) is 5.56 Å².